The topological polar surface area (TPSA) is 58.6 Å². The molecule has 0 saturated carbocycles. The Bertz CT molecular complexity index is 843. The molecule has 0 aromatic heterocycles. The molecule has 0 bridgehead atoms. The number of nitrogens with zero attached hydrogens (tertiary/aromatic N) is 1. The molecule has 5 nitrogen and oxygen atoms in total. The summed E-state index contributed by atoms with van der Waals surface area (Å²) in [5.74, 6) is 0.186. The molecule has 2 aromatic carbocycles. The molecular weight excluding hydrogens is 372 g/mol. The Kier molecular flexibility index (Phi) is 5.74. The second kappa shape index (κ2) is 8.01. The smallest absolute Gasteiger partial charge is 0.264 e. The van der Waals surface area contributed by atoms with Gasteiger partial charge in [0.2, 0.25) is 5.91 Å². The number of hydrogen-bond acceptors (Lipinski definition) is 4. The van der Waals surface area contributed by atoms with Crippen molar-refractivity contribution in [3.63, 3.8) is 0 Å². The van der Waals surface area contributed by atoms with Crippen LogP contribution in [-0.4, -0.2) is 42.7 Å². The molecule has 0 radical (unpaired) electrons. The molecule has 1 aliphatic rings. The van der Waals surface area contributed by atoms with Gasteiger partial charge in [0.05, 0.1) is 12.2 Å². The fourth-order valence-corrected chi connectivity index (χ4v) is 3.58. The van der Waals surface area contributed by atoms with E-state index in [1.807, 2.05) is 30.5 Å². The van der Waals surface area contributed by atoms with Crippen LogP contribution in [0.2, 0.25) is 5.02 Å². The van der Waals surface area contributed by atoms with Gasteiger partial charge >= 0.3 is 0 Å². The Morgan fingerprint density at radius 3 is 2.85 bits per heavy atom. The number of para-hydroxylation sites is 1. The maximum Gasteiger partial charge on any atom is 0.264 e. The van der Waals surface area contributed by atoms with Crippen molar-refractivity contribution in [1.29, 1.82) is 0 Å². The molecule has 26 heavy (non-hydrogen) atoms. The highest BCUT2D eigenvalue weighted by Crippen LogP contribution is 2.31. The minimum Gasteiger partial charge on any atom is -0.480 e. The van der Waals surface area contributed by atoms with Crippen LogP contribution in [0, 0.1) is 0 Å². The number of anilines is 1. The van der Waals surface area contributed by atoms with Crippen LogP contribution in [-0.2, 0) is 16.0 Å². The van der Waals surface area contributed by atoms with E-state index in [0.717, 1.165) is 16.1 Å². The molecule has 1 aliphatic heterocycles. The summed E-state index contributed by atoms with van der Waals surface area (Å²) in [6.07, 6.45) is 1.78. The SMILES string of the molecule is CSc1ccccc1NC(=O)CN(C)C(=O)[C@H]1Cc2cc(Cl)ccc2O1. The van der Waals surface area contributed by atoms with Crippen molar-refractivity contribution >= 4 is 40.9 Å². The van der Waals surface area contributed by atoms with Crippen LogP contribution in [0.1, 0.15) is 5.56 Å². The van der Waals surface area contributed by atoms with Crippen molar-refractivity contribution in [3.8, 4) is 5.75 Å². The van der Waals surface area contributed by atoms with Crippen LogP contribution >= 0.6 is 23.4 Å². The number of fused-ring (bicyclic) bond motifs is 1. The predicted molar refractivity (Wildman–Crippen MR) is 104 cm³/mol. The highest BCUT2D eigenvalue weighted by atomic mass is 35.5. The molecule has 0 aliphatic carbocycles. The number of ether oxygens (including phenoxy) is 1. The van der Waals surface area contributed by atoms with Gasteiger partial charge in [-0.3, -0.25) is 9.59 Å². The number of rotatable bonds is 5. The lowest BCUT2D eigenvalue weighted by atomic mass is 10.1. The molecule has 1 heterocycles. The van der Waals surface area contributed by atoms with E-state index >= 15 is 0 Å². The van der Waals surface area contributed by atoms with E-state index in [-0.39, 0.29) is 18.4 Å². The van der Waals surface area contributed by atoms with Crippen molar-refractivity contribution in [2.45, 2.75) is 17.4 Å². The third-order valence-corrected chi connectivity index (χ3v) is 5.14. The third kappa shape index (κ3) is 4.14. The average molecular weight is 391 g/mol. The first-order valence-electron chi connectivity index (χ1n) is 8.11. The number of nitrogens with one attached hydrogen (secondary N) is 1. The summed E-state index contributed by atoms with van der Waals surface area (Å²) in [6, 6.07) is 12.8. The standard InChI is InChI=1S/C19H19ClN2O3S/c1-22(11-18(23)21-14-5-3-4-6-17(14)26-2)19(24)16-10-12-9-13(20)7-8-15(12)25-16/h3-9,16H,10-11H2,1-2H3,(H,21,23)/t16-/m1/s1. The number of amides is 2. The van der Waals surface area contributed by atoms with Crippen LogP contribution < -0.4 is 10.1 Å². The summed E-state index contributed by atoms with van der Waals surface area (Å²) >= 11 is 7.53. The van der Waals surface area contributed by atoms with E-state index in [1.54, 1.807) is 37.0 Å². The van der Waals surface area contributed by atoms with E-state index in [0.29, 0.717) is 17.2 Å². The Labute approximate surface area is 161 Å². The van der Waals surface area contributed by atoms with Crippen LogP contribution in [0.3, 0.4) is 0 Å². The van der Waals surface area contributed by atoms with Gasteiger partial charge < -0.3 is 15.0 Å². The fraction of sp³-hybridized carbons (Fsp3) is 0.263. The quantitative estimate of drug-likeness (QED) is 0.794. The fourth-order valence-electron chi connectivity index (χ4n) is 2.83. The third-order valence-electron chi connectivity index (χ3n) is 4.11. The Morgan fingerprint density at radius 2 is 2.08 bits per heavy atom. The van der Waals surface area contributed by atoms with E-state index in [9.17, 15) is 9.59 Å². The minimum atomic E-state index is -0.625. The van der Waals surface area contributed by atoms with Crippen LogP contribution in [0.15, 0.2) is 47.4 Å². The molecule has 2 aromatic rings. The van der Waals surface area contributed by atoms with E-state index in [4.69, 9.17) is 16.3 Å². The molecule has 0 spiro atoms. The lowest BCUT2D eigenvalue weighted by molar-refractivity contribution is -0.139. The number of halogens is 1. The summed E-state index contributed by atoms with van der Waals surface area (Å²) in [6.45, 7) is -0.0431. The van der Waals surface area contributed by atoms with Crippen molar-refractivity contribution in [1.82, 2.24) is 4.90 Å². The first-order chi connectivity index (χ1) is 12.5. The van der Waals surface area contributed by atoms with E-state index in [2.05, 4.69) is 5.32 Å². The zero-order chi connectivity index (χ0) is 18.7. The van der Waals surface area contributed by atoms with Gasteiger partial charge in [-0.15, -0.1) is 11.8 Å². The molecule has 0 saturated heterocycles. The summed E-state index contributed by atoms with van der Waals surface area (Å²) < 4.78 is 5.70. The normalized spacial score (nSPS) is 15.1. The first-order valence-corrected chi connectivity index (χ1v) is 9.71. The van der Waals surface area contributed by atoms with Crippen molar-refractivity contribution in [2.75, 3.05) is 25.2 Å². The monoisotopic (exact) mass is 390 g/mol. The number of carbonyl (C=O) groups excluding carboxylic acids is 2. The number of thioether (sulfide) groups is 1. The minimum absolute atomic E-state index is 0.0431. The van der Waals surface area contributed by atoms with E-state index in [1.165, 1.54) is 4.90 Å². The van der Waals surface area contributed by atoms with Gasteiger partial charge in [-0.1, -0.05) is 23.7 Å². The van der Waals surface area contributed by atoms with Crippen molar-refractivity contribution in [2.24, 2.45) is 0 Å². The van der Waals surface area contributed by atoms with Crippen molar-refractivity contribution < 1.29 is 14.3 Å². The highest BCUT2D eigenvalue weighted by Gasteiger charge is 2.32. The molecule has 2 amide bonds. The van der Waals surface area contributed by atoms with Crippen molar-refractivity contribution in [3.05, 3.63) is 53.1 Å². The Morgan fingerprint density at radius 1 is 1.31 bits per heavy atom. The summed E-state index contributed by atoms with van der Waals surface area (Å²) in [5.41, 5.74) is 1.65. The maximum atomic E-state index is 12.6. The van der Waals surface area contributed by atoms with Gasteiger partial charge in [0, 0.05) is 23.4 Å². The zero-order valence-electron chi connectivity index (χ0n) is 14.5. The highest BCUT2D eigenvalue weighted by molar-refractivity contribution is 7.98. The largest absolute Gasteiger partial charge is 0.480 e. The number of benzene rings is 2. The van der Waals surface area contributed by atoms with Gasteiger partial charge in [-0.05, 0) is 42.2 Å². The molecular formula is C19H19ClN2O3S. The second-order valence-corrected chi connectivity index (χ2v) is 7.29. The molecule has 3 rings (SSSR count). The summed E-state index contributed by atoms with van der Waals surface area (Å²) in [4.78, 5) is 27.3. The van der Waals surface area contributed by atoms with Gasteiger partial charge in [-0.25, -0.2) is 0 Å². The zero-order valence-corrected chi connectivity index (χ0v) is 16.1. The molecule has 136 valence electrons. The molecule has 1 N–H and O–H groups in total. The number of hydrogen-bond donors (Lipinski definition) is 1. The van der Waals surface area contributed by atoms with E-state index < -0.39 is 6.10 Å². The second-order valence-electron chi connectivity index (χ2n) is 6.01. The van der Waals surface area contributed by atoms with Crippen LogP contribution in [0.4, 0.5) is 5.69 Å². The van der Waals surface area contributed by atoms with Crippen LogP contribution in [0.25, 0.3) is 0 Å². The molecule has 1 atom stereocenters. The first kappa shape index (κ1) is 18.6. The van der Waals surface area contributed by atoms with Gasteiger partial charge in [0.1, 0.15) is 5.75 Å². The lowest BCUT2D eigenvalue weighted by Crippen LogP contribution is -2.42. The maximum absolute atomic E-state index is 12.6. The van der Waals surface area contributed by atoms with Gasteiger partial charge in [0.15, 0.2) is 6.10 Å². The Hall–Kier alpha value is -2.18. The lowest BCUT2D eigenvalue weighted by Gasteiger charge is -2.20. The van der Waals surface area contributed by atoms with Gasteiger partial charge in [-0.2, -0.15) is 0 Å². The molecule has 0 fully saturated rings. The molecule has 0 unspecified atom stereocenters. The number of carbonyl (C=O) groups is 2. The summed E-state index contributed by atoms with van der Waals surface area (Å²) in [5, 5.41) is 3.46. The predicted octanol–water partition coefficient (Wildman–Crippen LogP) is 3.46. The van der Waals surface area contributed by atoms with Gasteiger partial charge in [0.25, 0.3) is 5.91 Å². The molecule has 7 heteroatoms. The Balaban J connectivity index is 1.59. The van der Waals surface area contributed by atoms with Crippen LogP contribution in [0.5, 0.6) is 5.75 Å². The average Bonchev–Trinajstić information content (AvgIpc) is 3.04. The summed E-state index contributed by atoms with van der Waals surface area (Å²) in [7, 11) is 1.60. The number of likely N-dealkylation sites (N-methyl/N-ethyl adjacent to an activating group) is 1.